The first-order chi connectivity index (χ1) is 7.74. The Labute approximate surface area is 113 Å². The summed E-state index contributed by atoms with van der Waals surface area (Å²) in [6.45, 7) is 0. The molecular weight excluding hydrogens is 256 g/mol. The van der Waals surface area contributed by atoms with Crippen LogP contribution in [0, 0.1) is 5.41 Å². The minimum atomic E-state index is 0.542. The maximum absolute atomic E-state index is 5.86. The van der Waals surface area contributed by atoms with Gasteiger partial charge in [-0.2, -0.15) is 24.4 Å². The van der Waals surface area contributed by atoms with E-state index in [2.05, 4.69) is 24.8 Å². The molecule has 16 heavy (non-hydrogen) atoms. The summed E-state index contributed by atoms with van der Waals surface area (Å²) in [4.78, 5) is 0. The third-order valence-electron chi connectivity index (χ3n) is 3.34. The maximum atomic E-state index is 5.86. The molecule has 0 bridgehead atoms. The summed E-state index contributed by atoms with van der Waals surface area (Å²) in [5.74, 6) is 3.38. The largest absolute Gasteiger partial charge is 0.179 e. The van der Waals surface area contributed by atoms with Gasteiger partial charge in [-0.1, -0.05) is 30.2 Å². The smallest absolute Gasteiger partial charge is 0.0406 e. The molecule has 2 rings (SSSR count). The molecule has 0 aliphatic heterocycles. The van der Waals surface area contributed by atoms with Gasteiger partial charge in [-0.25, -0.2) is 0 Å². The molecule has 1 fully saturated rings. The highest BCUT2D eigenvalue weighted by Crippen LogP contribution is 2.44. The van der Waals surface area contributed by atoms with Crippen molar-refractivity contribution in [2.75, 3.05) is 11.5 Å². The molecule has 0 heterocycles. The fraction of sp³-hybridized carbons (Fsp3) is 0.538. The van der Waals surface area contributed by atoms with E-state index in [1.165, 1.54) is 30.6 Å². The number of hydrogen-bond donors (Lipinski definition) is 1. The van der Waals surface area contributed by atoms with Gasteiger partial charge in [0.15, 0.2) is 0 Å². The van der Waals surface area contributed by atoms with E-state index >= 15 is 0 Å². The third-order valence-corrected chi connectivity index (χ3v) is 5.62. The second kappa shape index (κ2) is 5.70. The van der Waals surface area contributed by atoms with Crippen molar-refractivity contribution in [2.24, 2.45) is 5.41 Å². The molecule has 1 aliphatic carbocycles. The molecule has 0 unspecified atom stereocenters. The van der Waals surface area contributed by atoms with Crippen molar-refractivity contribution in [1.82, 2.24) is 0 Å². The van der Waals surface area contributed by atoms with Crippen molar-refractivity contribution < 1.29 is 0 Å². The predicted molar refractivity (Wildman–Crippen MR) is 77.8 cm³/mol. The first-order valence-corrected chi connectivity index (χ1v) is 7.84. The van der Waals surface area contributed by atoms with E-state index in [1.54, 1.807) is 0 Å². The van der Waals surface area contributed by atoms with Crippen LogP contribution in [0.5, 0.6) is 0 Å². The summed E-state index contributed by atoms with van der Waals surface area (Å²) in [7, 11) is 0. The first-order valence-electron chi connectivity index (χ1n) is 5.67. The molecule has 1 aromatic rings. The summed E-state index contributed by atoms with van der Waals surface area (Å²) in [6.07, 6.45) is 4.12. The lowest BCUT2D eigenvalue weighted by Crippen LogP contribution is -2.33. The van der Waals surface area contributed by atoms with Gasteiger partial charge >= 0.3 is 0 Å². The lowest BCUT2D eigenvalue weighted by Gasteiger charge is -2.40. The highest BCUT2D eigenvalue weighted by atomic mass is 35.5. The van der Waals surface area contributed by atoms with Crippen LogP contribution in [0.2, 0.25) is 5.02 Å². The predicted octanol–water partition coefficient (Wildman–Crippen LogP) is 4.67. The average Bonchev–Trinajstić information content (AvgIpc) is 2.25. The molecule has 3 heteroatoms. The molecule has 1 aromatic carbocycles. The van der Waals surface area contributed by atoms with E-state index < -0.39 is 0 Å². The monoisotopic (exact) mass is 272 g/mol. The Morgan fingerprint density at radius 1 is 1.25 bits per heavy atom. The van der Waals surface area contributed by atoms with Gasteiger partial charge in [-0.3, -0.25) is 0 Å². The number of hydrogen-bond acceptors (Lipinski definition) is 2. The van der Waals surface area contributed by atoms with Crippen LogP contribution in [0.4, 0.5) is 0 Å². The van der Waals surface area contributed by atoms with Gasteiger partial charge in [0.05, 0.1) is 0 Å². The van der Waals surface area contributed by atoms with Crippen LogP contribution in [0.1, 0.15) is 24.8 Å². The molecule has 1 saturated carbocycles. The van der Waals surface area contributed by atoms with Crippen molar-refractivity contribution in [3.8, 4) is 0 Å². The Balaban J connectivity index is 1.77. The normalized spacial score (nSPS) is 18.1. The summed E-state index contributed by atoms with van der Waals surface area (Å²) in [6, 6.07) is 8.16. The van der Waals surface area contributed by atoms with Crippen LogP contribution in [0.25, 0.3) is 0 Å². The Morgan fingerprint density at radius 3 is 2.44 bits per heavy atom. The molecule has 0 N–H and O–H groups in total. The van der Waals surface area contributed by atoms with Crippen molar-refractivity contribution in [2.45, 2.75) is 25.0 Å². The lowest BCUT2D eigenvalue weighted by atomic mass is 9.72. The molecule has 0 nitrogen and oxygen atoms in total. The summed E-state index contributed by atoms with van der Waals surface area (Å²) in [5.41, 5.74) is 1.91. The van der Waals surface area contributed by atoms with Gasteiger partial charge in [0, 0.05) is 16.5 Å². The Morgan fingerprint density at radius 2 is 1.94 bits per heavy atom. The zero-order chi connectivity index (χ0) is 11.4. The van der Waals surface area contributed by atoms with Gasteiger partial charge in [0.1, 0.15) is 0 Å². The molecule has 0 aromatic heterocycles. The van der Waals surface area contributed by atoms with Crippen LogP contribution in [0.15, 0.2) is 24.3 Å². The van der Waals surface area contributed by atoms with Crippen molar-refractivity contribution in [1.29, 1.82) is 0 Å². The van der Waals surface area contributed by atoms with E-state index in [1.807, 2.05) is 23.9 Å². The fourth-order valence-corrected chi connectivity index (χ4v) is 4.05. The highest BCUT2D eigenvalue weighted by Gasteiger charge is 2.35. The van der Waals surface area contributed by atoms with Gasteiger partial charge in [-0.05, 0) is 41.7 Å². The minimum absolute atomic E-state index is 0.542. The van der Waals surface area contributed by atoms with Crippen LogP contribution >= 0.6 is 36.0 Å². The minimum Gasteiger partial charge on any atom is -0.179 e. The molecular formula is C13H17ClS2. The topological polar surface area (TPSA) is 0 Å². The molecule has 0 radical (unpaired) electrons. The first kappa shape index (κ1) is 12.7. The summed E-state index contributed by atoms with van der Waals surface area (Å²) in [5, 5.41) is 0.819. The molecule has 88 valence electrons. The number of thioether (sulfide) groups is 1. The standard InChI is InChI=1S/C13H17ClS2/c14-12-4-2-11(3-5-12)8-16-10-13(9-15)6-1-7-13/h2-5,15H,1,6-10H2. The van der Waals surface area contributed by atoms with E-state index in [9.17, 15) is 0 Å². The second-order valence-electron chi connectivity index (χ2n) is 4.63. The van der Waals surface area contributed by atoms with Crippen LogP contribution in [-0.2, 0) is 5.75 Å². The Bertz CT molecular complexity index is 325. The SMILES string of the molecule is SCC1(CSCc2ccc(Cl)cc2)CCC1. The number of benzene rings is 1. The highest BCUT2D eigenvalue weighted by molar-refractivity contribution is 7.98. The Hall–Kier alpha value is 0.210. The lowest BCUT2D eigenvalue weighted by molar-refractivity contribution is 0.205. The molecule has 0 spiro atoms. The number of halogens is 1. The van der Waals surface area contributed by atoms with Crippen LogP contribution < -0.4 is 0 Å². The van der Waals surface area contributed by atoms with Crippen molar-refractivity contribution >= 4 is 36.0 Å². The fourth-order valence-electron chi connectivity index (χ4n) is 1.99. The van der Waals surface area contributed by atoms with E-state index in [4.69, 9.17) is 11.6 Å². The third kappa shape index (κ3) is 3.12. The van der Waals surface area contributed by atoms with Gasteiger partial charge in [0.2, 0.25) is 0 Å². The van der Waals surface area contributed by atoms with Gasteiger partial charge < -0.3 is 0 Å². The van der Waals surface area contributed by atoms with Crippen LogP contribution in [-0.4, -0.2) is 11.5 Å². The maximum Gasteiger partial charge on any atom is 0.0406 e. The van der Waals surface area contributed by atoms with Gasteiger partial charge in [-0.15, -0.1) is 0 Å². The van der Waals surface area contributed by atoms with Crippen molar-refractivity contribution in [3.63, 3.8) is 0 Å². The number of rotatable bonds is 5. The average molecular weight is 273 g/mol. The zero-order valence-corrected chi connectivity index (χ0v) is 11.8. The van der Waals surface area contributed by atoms with Gasteiger partial charge in [0.25, 0.3) is 0 Å². The molecule has 0 amide bonds. The number of thiol groups is 1. The summed E-state index contributed by atoms with van der Waals surface area (Å²) >= 11 is 12.4. The van der Waals surface area contributed by atoms with E-state index in [-0.39, 0.29) is 0 Å². The van der Waals surface area contributed by atoms with Crippen molar-refractivity contribution in [3.05, 3.63) is 34.9 Å². The second-order valence-corrected chi connectivity index (χ2v) is 6.37. The zero-order valence-electron chi connectivity index (χ0n) is 9.29. The quantitative estimate of drug-likeness (QED) is 0.760. The molecule has 0 saturated heterocycles. The molecule has 0 atom stereocenters. The Kier molecular flexibility index (Phi) is 4.51. The summed E-state index contributed by atoms with van der Waals surface area (Å²) < 4.78 is 0. The van der Waals surface area contributed by atoms with E-state index in [0.29, 0.717) is 5.41 Å². The van der Waals surface area contributed by atoms with E-state index in [0.717, 1.165) is 16.5 Å². The van der Waals surface area contributed by atoms with Crippen LogP contribution in [0.3, 0.4) is 0 Å². The molecule has 1 aliphatic rings.